The highest BCUT2D eigenvalue weighted by molar-refractivity contribution is 7.79. The van der Waals surface area contributed by atoms with E-state index in [-0.39, 0.29) is 0 Å². The van der Waals surface area contributed by atoms with E-state index in [1.165, 1.54) is 135 Å². The van der Waals surface area contributed by atoms with E-state index in [2.05, 4.69) is 38.9 Å². The SMILES string of the molecule is CCCCCCCCCCCCCC(CCCC)(CCCC)CCCC.O=P(O)(O)Cl. The van der Waals surface area contributed by atoms with Crippen LogP contribution < -0.4 is 0 Å². The van der Waals surface area contributed by atoms with Gasteiger partial charge in [-0.05, 0) is 31.1 Å². The molecule has 0 saturated carbocycles. The Balaban J connectivity index is 0. The molecular formula is C26H56ClO3P. The zero-order valence-electron chi connectivity index (χ0n) is 21.5. The van der Waals surface area contributed by atoms with Gasteiger partial charge in [-0.15, -0.1) is 0 Å². The van der Waals surface area contributed by atoms with E-state index in [1.807, 2.05) is 0 Å². The van der Waals surface area contributed by atoms with E-state index in [0.29, 0.717) is 5.41 Å². The average molecular weight is 483 g/mol. The Kier molecular flexibility index (Phi) is 25.6. The number of hydrogen-bond donors (Lipinski definition) is 2. The summed E-state index contributed by atoms with van der Waals surface area (Å²) in [4.78, 5) is 14.8. The molecule has 0 fully saturated rings. The lowest BCUT2D eigenvalue weighted by molar-refractivity contribution is 0.175. The van der Waals surface area contributed by atoms with Crippen molar-refractivity contribution in [3.8, 4) is 0 Å². The zero-order valence-corrected chi connectivity index (χ0v) is 23.1. The quantitative estimate of drug-likeness (QED) is 0.126. The lowest BCUT2D eigenvalue weighted by Crippen LogP contribution is -2.21. The van der Waals surface area contributed by atoms with Crippen molar-refractivity contribution < 1.29 is 14.4 Å². The van der Waals surface area contributed by atoms with Crippen molar-refractivity contribution in [1.29, 1.82) is 0 Å². The predicted octanol–water partition coefficient (Wildman–Crippen LogP) is 10.6. The molecule has 0 spiro atoms. The van der Waals surface area contributed by atoms with Crippen molar-refractivity contribution in [2.45, 2.75) is 163 Å². The van der Waals surface area contributed by atoms with E-state index in [9.17, 15) is 0 Å². The third-order valence-electron chi connectivity index (χ3n) is 6.49. The van der Waals surface area contributed by atoms with Crippen molar-refractivity contribution in [3.05, 3.63) is 0 Å². The van der Waals surface area contributed by atoms with Gasteiger partial charge in [-0.2, -0.15) is 0 Å². The van der Waals surface area contributed by atoms with Crippen LogP contribution in [0.2, 0.25) is 0 Å². The largest absolute Gasteiger partial charge is 0.419 e. The predicted molar refractivity (Wildman–Crippen MR) is 140 cm³/mol. The lowest BCUT2D eigenvalue weighted by atomic mass is 9.71. The van der Waals surface area contributed by atoms with E-state index in [1.54, 1.807) is 0 Å². The van der Waals surface area contributed by atoms with Gasteiger partial charge in [0.2, 0.25) is 0 Å². The van der Waals surface area contributed by atoms with E-state index in [4.69, 9.17) is 14.4 Å². The first kappa shape index (κ1) is 33.6. The van der Waals surface area contributed by atoms with Crippen molar-refractivity contribution in [2.24, 2.45) is 5.41 Å². The minimum Gasteiger partial charge on any atom is -0.313 e. The van der Waals surface area contributed by atoms with Gasteiger partial charge in [0.15, 0.2) is 0 Å². The Morgan fingerprint density at radius 1 is 0.516 bits per heavy atom. The number of halogens is 1. The molecule has 0 aliphatic rings. The summed E-state index contributed by atoms with van der Waals surface area (Å²) in [5.74, 6) is 0. The molecule has 0 radical (unpaired) electrons. The fraction of sp³-hybridized carbons (Fsp3) is 1.00. The minimum absolute atomic E-state index is 0.696. The minimum atomic E-state index is -4.17. The highest BCUT2D eigenvalue weighted by Crippen LogP contribution is 2.41. The van der Waals surface area contributed by atoms with Crippen LogP contribution in [0.1, 0.15) is 163 Å². The van der Waals surface area contributed by atoms with Crippen LogP contribution >= 0.6 is 18.2 Å². The molecule has 0 amide bonds. The molecule has 0 rings (SSSR count). The zero-order chi connectivity index (χ0) is 23.8. The van der Waals surface area contributed by atoms with Crippen LogP contribution in [0.4, 0.5) is 0 Å². The second kappa shape index (κ2) is 23.6. The lowest BCUT2D eigenvalue weighted by Gasteiger charge is -2.35. The third-order valence-corrected chi connectivity index (χ3v) is 6.49. The molecule has 5 heteroatoms. The number of hydrogen-bond acceptors (Lipinski definition) is 1. The summed E-state index contributed by atoms with van der Waals surface area (Å²) in [6, 6.07) is 0. The van der Waals surface area contributed by atoms with Crippen LogP contribution in [0.25, 0.3) is 0 Å². The molecule has 0 bridgehead atoms. The molecule has 190 valence electrons. The Hall–Kier alpha value is 0.440. The van der Waals surface area contributed by atoms with E-state index in [0.717, 1.165) is 0 Å². The van der Waals surface area contributed by atoms with E-state index >= 15 is 0 Å². The Morgan fingerprint density at radius 2 is 0.742 bits per heavy atom. The molecule has 0 aliphatic heterocycles. The molecule has 2 N–H and O–H groups in total. The van der Waals surface area contributed by atoms with Gasteiger partial charge >= 0.3 is 6.95 Å². The molecule has 0 aromatic rings. The number of rotatable bonds is 21. The molecule has 0 aromatic carbocycles. The topological polar surface area (TPSA) is 57.5 Å². The molecule has 31 heavy (non-hydrogen) atoms. The van der Waals surface area contributed by atoms with Crippen molar-refractivity contribution >= 4 is 18.2 Å². The molecule has 3 nitrogen and oxygen atoms in total. The smallest absolute Gasteiger partial charge is 0.313 e. The molecule has 0 atom stereocenters. The van der Waals surface area contributed by atoms with Gasteiger partial charge < -0.3 is 9.79 Å². The molecule has 0 saturated heterocycles. The summed E-state index contributed by atoms with van der Waals surface area (Å²) in [5.41, 5.74) is 0.696. The van der Waals surface area contributed by atoms with Crippen molar-refractivity contribution in [2.75, 3.05) is 0 Å². The Bertz CT molecular complexity index is 368. The maximum atomic E-state index is 9.09. The molecular weight excluding hydrogens is 427 g/mol. The fourth-order valence-electron chi connectivity index (χ4n) is 4.57. The standard InChI is InChI=1S/C26H54.ClH2O3P/c1-5-9-13-14-15-16-17-18-19-20-21-25-26(22-10-6-2,23-11-7-3)24-12-8-4;1-5(2,3)4/h5-25H2,1-4H3;(H2,2,3,4). The molecule has 0 unspecified atom stereocenters. The van der Waals surface area contributed by atoms with Gasteiger partial charge in [-0.25, -0.2) is 4.57 Å². The van der Waals surface area contributed by atoms with Crippen LogP contribution in [-0.4, -0.2) is 9.79 Å². The summed E-state index contributed by atoms with van der Waals surface area (Å²) in [7, 11) is 0. The van der Waals surface area contributed by atoms with Gasteiger partial charge in [-0.3, -0.25) is 0 Å². The second-order valence-corrected chi connectivity index (χ2v) is 11.8. The normalized spacial score (nSPS) is 12.0. The van der Waals surface area contributed by atoms with Gasteiger partial charge in [0, 0.05) is 11.2 Å². The maximum absolute atomic E-state index is 9.09. The summed E-state index contributed by atoms with van der Waals surface area (Å²) in [5, 5.41) is 0. The summed E-state index contributed by atoms with van der Waals surface area (Å²) in [6.45, 7) is 5.24. The van der Waals surface area contributed by atoms with Crippen LogP contribution in [0.15, 0.2) is 0 Å². The summed E-state index contributed by atoms with van der Waals surface area (Å²) in [6.07, 6.45) is 30.6. The first-order valence-corrected chi connectivity index (χ1v) is 16.0. The monoisotopic (exact) mass is 482 g/mol. The van der Waals surface area contributed by atoms with Crippen LogP contribution in [-0.2, 0) is 4.57 Å². The first-order valence-electron chi connectivity index (χ1n) is 13.5. The number of unbranched alkanes of at least 4 members (excludes halogenated alkanes) is 13. The van der Waals surface area contributed by atoms with Crippen molar-refractivity contribution in [3.63, 3.8) is 0 Å². The molecule has 0 aromatic heterocycles. The Labute approximate surface area is 200 Å². The maximum Gasteiger partial charge on any atom is 0.419 e. The average Bonchev–Trinajstić information content (AvgIpc) is 2.71. The van der Waals surface area contributed by atoms with E-state index < -0.39 is 6.95 Å². The molecule has 0 aliphatic carbocycles. The summed E-state index contributed by atoms with van der Waals surface area (Å²) < 4.78 is 9.09. The Morgan fingerprint density at radius 3 is 1.03 bits per heavy atom. The fourth-order valence-corrected chi connectivity index (χ4v) is 4.57. The molecule has 0 heterocycles. The third kappa shape index (κ3) is 28.4. The van der Waals surface area contributed by atoms with Gasteiger partial charge in [0.25, 0.3) is 0 Å². The summed E-state index contributed by atoms with van der Waals surface area (Å²) >= 11 is 4.20. The van der Waals surface area contributed by atoms with Crippen LogP contribution in [0.5, 0.6) is 0 Å². The van der Waals surface area contributed by atoms with Crippen LogP contribution in [0, 0.1) is 5.41 Å². The van der Waals surface area contributed by atoms with Gasteiger partial charge in [-0.1, -0.05) is 137 Å². The van der Waals surface area contributed by atoms with Gasteiger partial charge in [0.1, 0.15) is 0 Å². The highest BCUT2D eigenvalue weighted by atomic mass is 35.7. The second-order valence-electron chi connectivity index (χ2n) is 9.57. The van der Waals surface area contributed by atoms with Crippen molar-refractivity contribution in [1.82, 2.24) is 0 Å². The highest BCUT2D eigenvalue weighted by Gasteiger charge is 2.27. The van der Waals surface area contributed by atoms with Gasteiger partial charge in [0.05, 0.1) is 0 Å². The van der Waals surface area contributed by atoms with Crippen LogP contribution in [0.3, 0.4) is 0 Å². The first-order chi connectivity index (χ1) is 14.7.